The van der Waals surface area contributed by atoms with Crippen LogP contribution in [0.5, 0.6) is 5.88 Å². The third-order valence-electron chi connectivity index (χ3n) is 5.23. The number of aryl methyl sites for hydroxylation is 1. The van der Waals surface area contributed by atoms with Gasteiger partial charge in [0.15, 0.2) is 15.7 Å². The summed E-state index contributed by atoms with van der Waals surface area (Å²) in [7, 11) is -3.12. The Labute approximate surface area is 217 Å². The molecule has 1 fully saturated rings. The number of halogens is 2. The Hall–Kier alpha value is -3.15. The number of nitrogens with one attached hydrogen (secondary N) is 2. The highest BCUT2D eigenvalue weighted by Crippen LogP contribution is 2.29. The Morgan fingerprint density at radius 2 is 1.89 bits per heavy atom. The van der Waals surface area contributed by atoms with Crippen molar-refractivity contribution in [1.29, 1.82) is 0 Å². The fourth-order valence-electron chi connectivity index (χ4n) is 3.64. The molecule has 10 nitrogen and oxygen atoms in total. The van der Waals surface area contributed by atoms with Crippen LogP contribution in [0.15, 0.2) is 36.5 Å². The van der Waals surface area contributed by atoms with Crippen LogP contribution in [-0.2, 0) is 9.84 Å². The Kier molecular flexibility index (Phi) is 7.26. The lowest BCUT2D eigenvalue weighted by Gasteiger charge is -2.25. The average molecular weight is 552 g/mol. The van der Waals surface area contributed by atoms with Crippen LogP contribution in [0.2, 0.25) is 10.0 Å². The minimum absolute atomic E-state index is 0.0114. The maximum Gasteiger partial charge on any atom is 0.274 e. The first-order chi connectivity index (χ1) is 16.9. The summed E-state index contributed by atoms with van der Waals surface area (Å²) in [4.78, 5) is 30.5. The van der Waals surface area contributed by atoms with Crippen molar-refractivity contribution < 1.29 is 22.7 Å². The molecule has 36 heavy (non-hydrogen) atoms. The first-order valence-electron chi connectivity index (χ1n) is 10.9. The van der Waals surface area contributed by atoms with Gasteiger partial charge in [-0.1, -0.05) is 23.2 Å². The molecule has 2 aromatic heterocycles. The van der Waals surface area contributed by atoms with E-state index in [1.165, 1.54) is 23.0 Å². The van der Waals surface area contributed by atoms with Crippen LogP contribution in [-0.4, -0.2) is 58.6 Å². The summed E-state index contributed by atoms with van der Waals surface area (Å²) in [6, 6.07) is 7.54. The lowest BCUT2D eigenvalue weighted by atomic mass is 10.1. The van der Waals surface area contributed by atoms with Crippen LogP contribution in [0.4, 0.5) is 5.69 Å². The van der Waals surface area contributed by atoms with Gasteiger partial charge in [-0.05, 0) is 50.6 Å². The number of aromatic nitrogens is 3. The smallest absolute Gasteiger partial charge is 0.274 e. The number of amides is 2. The molecule has 3 aromatic rings. The summed E-state index contributed by atoms with van der Waals surface area (Å²) < 4.78 is 29.9. The largest absolute Gasteiger partial charge is 0.471 e. The van der Waals surface area contributed by atoms with Crippen LogP contribution in [0.25, 0.3) is 5.82 Å². The van der Waals surface area contributed by atoms with Crippen LogP contribution < -0.4 is 15.4 Å². The first kappa shape index (κ1) is 25.9. The molecule has 0 atom stereocenters. The second kappa shape index (κ2) is 10.1. The summed E-state index contributed by atoms with van der Waals surface area (Å²) in [6.45, 7) is 5.35. The minimum atomic E-state index is -3.12. The van der Waals surface area contributed by atoms with E-state index in [-0.39, 0.29) is 51.2 Å². The summed E-state index contributed by atoms with van der Waals surface area (Å²) in [5, 5.41) is 10.4. The van der Waals surface area contributed by atoms with E-state index in [2.05, 4.69) is 20.7 Å². The molecule has 1 aliphatic rings. The monoisotopic (exact) mass is 551 g/mol. The second-order valence-electron chi connectivity index (χ2n) is 8.63. The number of pyridine rings is 1. The van der Waals surface area contributed by atoms with Gasteiger partial charge in [0.1, 0.15) is 11.8 Å². The van der Waals surface area contributed by atoms with Gasteiger partial charge in [0.05, 0.1) is 27.8 Å². The number of carbonyl (C=O) groups is 2. The van der Waals surface area contributed by atoms with E-state index < -0.39 is 27.8 Å². The van der Waals surface area contributed by atoms with Gasteiger partial charge in [-0.25, -0.2) is 18.1 Å². The summed E-state index contributed by atoms with van der Waals surface area (Å²) in [5.74, 6) is -1.08. The molecule has 13 heteroatoms. The lowest BCUT2D eigenvalue weighted by molar-refractivity contribution is 0.0944. The van der Waals surface area contributed by atoms with Crippen LogP contribution >= 0.6 is 23.2 Å². The quantitative estimate of drug-likeness (QED) is 0.459. The highest BCUT2D eigenvalue weighted by Gasteiger charge is 2.36. The van der Waals surface area contributed by atoms with Crippen molar-refractivity contribution in [2.75, 3.05) is 16.8 Å². The fraction of sp³-hybridized carbons (Fsp3) is 0.304. The average Bonchev–Trinajstić information content (AvgIpc) is 3.17. The number of nitrogens with zero attached hydrogens (tertiary/aromatic N) is 3. The maximum absolute atomic E-state index is 13.5. The molecule has 2 N–H and O–H groups in total. The van der Waals surface area contributed by atoms with Crippen molar-refractivity contribution in [2.45, 2.75) is 32.9 Å². The van der Waals surface area contributed by atoms with Crippen LogP contribution in [0, 0.1) is 6.92 Å². The topological polar surface area (TPSA) is 132 Å². The van der Waals surface area contributed by atoms with E-state index in [0.29, 0.717) is 10.6 Å². The number of anilines is 1. The second-order valence-corrected chi connectivity index (χ2v) is 11.6. The van der Waals surface area contributed by atoms with Crippen LogP contribution in [0.3, 0.4) is 0 Å². The molecule has 1 saturated heterocycles. The predicted octanol–water partition coefficient (Wildman–Crippen LogP) is 3.45. The van der Waals surface area contributed by atoms with Gasteiger partial charge >= 0.3 is 0 Å². The van der Waals surface area contributed by atoms with Crippen molar-refractivity contribution in [3.05, 3.63) is 63.4 Å². The fourth-order valence-corrected chi connectivity index (χ4v) is 5.28. The Bertz CT molecular complexity index is 1440. The van der Waals surface area contributed by atoms with E-state index in [1.54, 1.807) is 25.1 Å². The molecule has 3 heterocycles. The Morgan fingerprint density at radius 3 is 2.53 bits per heavy atom. The number of carbonyl (C=O) groups excluding carboxylic acids is 2. The normalized spacial score (nSPS) is 14.8. The molecule has 4 rings (SSSR count). The van der Waals surface area contributed by atoms with E-state index >= 15 is 0 Å². The van der Waals surface area contributed by atoms with Gasteiger partial charge in [-0.3, -0.25) is 9.59 Å². The first-order valence-corrected chi connectivity index (χ1v) is 13.5. The minimum Gasteiger partial charge on any atom is -0.471 e. The number of hydrogen-bond donors (Lipinski definition) is 2. The van der Waals surface area contributed by atoms with Crippen molar-refractivity contribution in [3.63, 3.8) is 0 Å². The number of hydrogen-bond acceptors (Lipinski definition) is 7. The Balaban J connectivity index is 1.71. The molecule has 1 aliphatic heterocycles. The number of sulfone groups is 1. The summed E-state index contributed by atoms with van der Waals surface area (Å²) in [6.07, 6.45) is 0.916. The number of benzene rings is 1. The number of rotatable bonds is 7. The van der Waals surface area contributed by atoms with E-state index in [0.717, 1.165) is 0 Å². The van der Waals surface area contributed by atoms with Crippen molar-refractivity contribution in [1.82, 2.24) is 20.1 Å². The van der Waals surface area contributed by atoms with E-state index in [1.807, 2.05) is 13.8 Å². The molecule has 2 amide bonds. The maximum atomic E-state index is 13.5. The van der Waals surface area contributed by atoms with Crippen molar-refractivity contribution in [3.8, 4) is 11.7 Å². The SMILES string of the molecule is Cc1cc(Cl)cc(C(=O)NC(C)C)c1NC(=O)c1cc(OC2CS(=O)(=O)C2)nn1-c1ncccc1Cl. The predicted molar refractivity (Wildman–Crippen MR) is 136 cm³/mol. The zero-order chi connectivity index (χ0) is 26.2. The molecule has 190 valence electrons. The van der Waals surface area contributed by atoms with Gasteiger partial charge in [-0.15, -0.1) is 5.10 Å². The Morgan fingerprint density at radius 1 is 1.17 bits per heavy atom. The zero-order valence-corrected chi connectivity index (χ0v) is 21.9. The van der Waals surface area contributed by atoms with Crippen molar-refractivity contribution in [2.24, 2.45) is 0 Å². The molecule has 0 unspecified atom stereocenters. The zero-order valence-electron chi connectivity index (χ0n) is 19.6. The molecule has 0 spiro atoms. The van der Waals surface area contributed by atoms with Crippen molar-refractivity contribution >= 4 is 50.5 Å². The highest BCUT2D eigenvalue weighted by atomic mass is 35.5. The molecule has 0 saturated carbocycles. The van der Waals surface area contributed by atoms with Gasteiger partial charge in [0.25, 0.3) is 11.8 Å². The molecule has 0 radical (unpaired) electrons. The lowest BCUT2D eigenvalue weighted by Crippen LogP contribution is -2.45. The molecule has 0 bridgehead atoms. The molecular formula is C23H23Cl2N5O5S. The number of ether oxygens (including phenoxy) is 1. The van der Waals surface area contributed by atoms with Gasteiger partial charge in [0.2, 0.25) is 5.88 Å². The van der Waals surface area contributed by atoms with Gasteiger partial charge < -0.3 is 15.4 Å². The summed E-state index contributed by atoms with van der Waals surface area (Å²) in [5.41, 5.74) is 1.05. The van der Waals surface area contributed by atoms with Gasteiger partial charge in [-0.2, -0.15) is 0 Å². The van der Waals surface area contributed by atoms with Crippen LogP contribution in [0.1, 0.15) is 40.3 Å². The third-order valence-corrected chi connectivity index (χ3v) is 7.50. The standard InChI is InChI=1S/C23H23Cl2N5O5S/c1-12(2)27-22(31)16-8-14(24)7-13(3)20(16)28-23(32)18-9-19(35-15-10-36(33,34)11-15)29-30(18)21-17(25)5-4-6-26-21/h4-9,12,15H,10-11H2,1-3H3,(H,27,31)(H,28,32). The van der Waals surface area contributed by atoms with E-state index in [9.17, 15) is 18.0 Å². The molecule has 0 aliphatic carbocycles. The molecular weight excluding hydrogens is 529 g/mol. The molecule has 1 aromatic carbocycles. The highest BCUT2D eigenvalue weighted by molar-refractivity contribution is 7.92. The summed E-state index contributed by atoms with van der Waals surface area (Å²) >= 11 is 12.5. The third kappa shape index (κ3) is 5.63. The van der Waals surface area contributed by atoms with Gasteiger partial charge in [0, 0.05) is 23.3 Å². The van der Waals surface area contributed by atoms with E-state index in [4.69, 9.17) is 27.9 Å².